The number of unbranched alkanes of at least 4 members (excludes halogenated alkanes) is 32. The van der Waals surface area contributed by atoms with Crippen LogP contribution >= 0.6 is 49.7 Å². The van der Waals surface area contributed by atoms with Gasteiger partial charge in [-0.05, 0) is 19.3 Å². The van der Waals surface area contributed by atoms with Crippen LogP contribution in [0.2, 0.25) is 0 Å². The number of nitrogens with one attached hydrogen (secondary N) is 1. The summed E-state index contributed by atoms with van der Waals surface area (Å²) in [6.07, 6.45) is 48.3. The highest BCUT2D eigenvalue weighted by Gasteiger charge is 1.98. The van der Waals surface area contributed by atoms with Gasteiger partial charge >= 0.3 is 0 Å². The minimum Gasteiger partial charge on any atom is -0.371 e. The summed E-state index contributed by atoms with van der Waals surface area (Å²) < 4.78 is 1.51. The van der Waals surface area contributed by atoms with Crippen molar-refractivity contribution in [2.75, 3.05) is 6.54 Å². The molecule has 0 aliphatic carbocycles. The van der Waals surface area contributed by atoms with Gasteiger partial charge in [-0.1, -0.05) is 223 Å². The lowest BCUT2D eigenvalue weighted by atomic mass is 10.0. The average Bonchev–Trinajstić information content (AvgIpc) is 2.96. The molecule has 5 heteroatoms. The molecule has 0 amide bonds. The van der Waals surface area contributed by atoms with Gasteiger partial charge in [-0.25, -0.2) is 0 Å². The average molecular weight is 660 g/mol. The molecule has 0 aliphatic rings. The largest absolute Gasteiger partial charge is 0.371 e. The second-order valence-corrected chi connectivity index (χ2v) is 15.5. The lowest BCUT2D eigenvalue weighted by molar-refractivity contribution is 0.511. The van der Waals surface area contributed by atoms with Gasteiger partial charge in [0.1, 0.15) is 4.32 Å². The second kappa shape index (κ2) is 37.9. The number of thiol groups is 2. The molecular formula is C37H73NS4. The Labute approximate surface area is 286 Å². The van der Waals surface area contributed by atoms with Crippen molar-refractivity contribution in [3.8, 4) is 0 Å². The molecule has 0 aromatic heterocycles. The molecule has 1 N–H and O–H groups in total. The third-order valence-corrected chi connectivity index (χ3v) is 9.57. The molecular weight excluding hydrogens is 587 g/mol. The van der Waals surface area contributed by atoms with Crippen LogP contribution in [0.15, 0.2) is 0 Å². The molecule has 0 bridgehead atoms. The first-order valence-corrected chi connectivity index (χ1v) is 20.5. The van der Waals surface area contributed by atoms with Crippen molar-refractivity contribution in [3.63, 3.8) is 0 Å². The van der Waals surface area contributed by atoms with E-state index < -0.39 is 0 Å². The first-order chi connectivity index (χ1) is 20.6. The van der Waals surface area contributed by atoms with Crippen LogP contribution in [-0.4, -0.2) is 15.1 Å². The van der Waals surface area contributed by atoms with Crippen LogP contribution in [0.25, 0.3) is 0 Å². The first kappa shape index (κ1) is 42.7. The number of thiocarbonyl (C=S) groups is 2. The van der Waals surface area contributed by atoms with Crippen LogP contribution in [0, 0.1) is 0 Å². The highest BCUT2D eigenvalue weighted by atomic mass is 32.1. The topological polar surface area (TPSA) is 12.0 Å². The summed E-state index contributed by atoms with van der Waals surface area (Å²) in [7, 11) is 0. The van der Waals surface area contributed by atoms with Gasteiger partial charge in [0.05, 0.1) is 0 Å². The Morgan fingerprint density at radius 2 is 0.500 bits per heavy atom. The van der Waals surface area contributed by atoms with Crippen LogP contribution in [0.5, 0.6) is 0 Å². The zero-order valence-electron chi connectivity index (χ0n) is 28.0. The third kappa shape index (κ3) is 40.7. The maximum absolute atomic E-state index is 5.02. The minimum atomic E-state index is 0.628. The van der Waals surface area contributed by atoms with Crippen molar-refractivity contribution < 1.29 is 0 Å². The van der Waals surface area contributed by atoms with E-state index in [0.29, 0.717) is 4.32 Å². The van der Waals surface area contributed by atoms with E-state index in [1.165, 1.54) is 212 Å². The molecule has 0 spiro atoms. The molecule has 0 aromatic carbocycles. The summed E-state index contributed by atoms with van der Waals surface area (Å²) in [4.78, 5) is 0. The molecule has 250 valence electrons. The lowest BCUT2D eigenvalue weighted by Gasteiger charge is -2.05. The quantitative estimate of drug-likeness (QED) is 0.0352. The SMILES string of the molecule is S=C(S)CCCCCCCCCCCCCCCCCCCCCCCCCCCCCCCCCCCNC(=S)S. The molecule has 0 rings (SSSR count). The fourth-order valence-electron chi connectivity index (χ4n) is 6.08. The van der Waals surface area contributed by atoms with Gasteiger partial charge in [-0.2, -0.15) is 0 Å². The van der Waals surface area contributed by atoms with E-state index in [2.05, 4.69) is 30.6 Å². The van der Waals surface area contributed by atoms with E-state index in [0.717, 1.165) is 17.2 Å². The van der Waals surface area contributed by atoms with E-state index in [9.17, 15) is 0 Å². The fraction of sp³-hybridized carbons (Fsp3) is 0.946. The summed E-state index contributed by atoms with van der Waals surface area (Å²) in [5, 5.41) is 3.12. The maximum atomic E-state index is 5.02. The summed E-state index contributed by atoms with van der Waals surface area (Å²) in [5.41, 5.74) is 0. The molecule has 0 aliphatic heterocycles. The zero-order valence-corrected chi connectivity index (χ0v) is 31.4. The molecule has 0 aromatic rings. The van der Waals surface area contributed by atoms with Crippen molar-refractivity contribution in [1.82, 2.24) is 5.32 Å². The van der Waals surface area contributed by atoms with Gasteiger partial charge in [-0.15, -0.1) is 25.3 Å². The van der Waals surface area contributed by atoms with E-state index in [-0.39, 0.29) is 0 Å². The van der Waals surface area contributed by atoms with Crippen molar-refractivity contribution >= 4 is 58.2 Å². The smallest absolute Gasteiger partial charge is 0.130 e. The van der Waals surface area contributed by atoms with Gasteiger partial charge in [0, 0.05) is 10.7 Å². The molecule has 0 atom stereocenters. The van der Waals surface area contributed by atoms with Crippen molar-refractivity contribution in [1.29, 1.82) is 0 Å². The Hall–Kier alpha value is 0.680. The van der Waals surface area contributed by atoms with Crippen molar-refractivity contribution in [2.24, 2.45) is 0 Å². The van der Waals surface area contributed by atoms with Gasteiger partial charge in [0.2, 0.25) is 0 Å². The highest BCUT2D eigenvalue weighted by molar-refractivity contribution is 8.11. The first-order valence-electron chi connectivity index (χ1n) is 18.8. The van der Waals surface area contributed by atoms with Crippen LogP contribution in [0.1, 0.15) is 218 Å². The monoisotopic (exact) mass is 659 g/mol. The zero-order chi connectivity index (χ0) is 30.6. The van der Waals surface area contributed by atoms with Gasteiger partial charge in [0.15, 0.2) is 0 Å². The molecule has 0 heterocycles. The van der Waals surface area contributed by atoms with Gasteiger partial charge in [0.25, 0.3) is 0 Å². The maximum Gasteiger partial charge on any atom is 0.130 e. The van der Waals surface area contributed by atoms with Crippen LogP contribution in [0.4, 0.5) is 0 Å². The molecule has 0 fully saturated rings. The summed E-state index contributed by atoms with van der Waals surface area (Å²) in [6.45, 7) is 0.985. The molecule has 0 saturated heterocycles. The summed E-state index contributed by atoms with van der Waals surface area (Å²) >= 11 is 18.2. The van der Waals surface area contributed by atoms with E-state index in [1.807, 2.05) is 0 Å². The number of rotatable bonds is 36. The normalized spacial score (nSPS) is 11.3. The Kier molecular flexibility index (Phi) is 38.5. The van der Waals surface area contributed by atoms with E-state index in [1.54, 1.807) is 0 Å². The highest BCUT2D eigenvalue weighted by Crippen LogP contribution is 2.17. The number of hydrogen-bond acceptors (Lipinski definition) is 2. The van der Waals surface area contributed by atoms with Gasteiger partial charge < -0.3 is 5.32 Å². The van der Waals surface area contributed by atoms with Crippen molar-refractivity contribution in [2.45, 2.75) is 218 Å². The summed E-state index contributed by atoms with van der Waals surface area (Å²) in [5.74, 6) is 0. The van der Waals surface area contributed by atoms with Crippen LogP contribution < -0.4 is 5.32 Å². The minimum absolute atomic E-state index is 0.628. The Morgan fingerprint density at radius 1 is 0.310 bits per heavy atom. The van der Waals surface area contributed by atoms with Crippen LogP contribution in [0.3, 0.4) is 0 Å². The Balaban J connectivity index is 3.04. The predicted octanol–water partition coefficient (Wildman–Crippen LogP) is 14.3. The number of hydrogen-bond donors (Lipinski definition) is 3. The predicted molar refractivity (Wildman–Crippen MR) is 208 cm³/mol. The van der Waals surface area contributed by atoms with Crippen LogP contribution in [-0.2, 0) is 0 Å². The van der Waals surface area contributed by atoms with E-state index >= 15 is 0 Å². The molecule has 0 radical (unpaired) electrons. The molecule has 1 nitrogen and oxygen atoms in total. The summed E-state index contributed by atoms with van der Waals surface area (Å²) in [6, 6.07) is 0. The molecule has 42 heavy (non-hydrogen) atoms. The Morgan fingerprint density at radius 3 is 0.690 bits per heavy atom. The third-order valence-electron chi connectivity index (χ3n) is 8.84. The Bertz CT molecular complexity index is 506. The lowest BCUT2D eigenvalue weighted by Crippen LogP contribution is -2.17. The molecule has 0 unspecified atom stereocenters. The fourth-order valence-corrected chi connectivity index (χ4v) is 6.59. The standard InChI is InChI=1S/C37H73NS4/c39-36(40)34-32-30-28-26-24-22-20-18-16-14-12-10-8-6-4-2-1-3-5-7-9-11-13-15-17-19-21-23-25-27-29-31-33-35-38-37(41)42/h1-35H2,(H,39,40)(H2,38,41,42). The second-order valence-electron chi connectivity index (χ2n) is 13.0. The molecule has 0 saturated carbocycles. The van der Waals surface area contributed by atoms with E-state index in [4.69, 9.17) is 24.4 Å². The van der Waals surface area contributed by atoms with Gasteiger partial charge in [-0.3, -0.25) is 0 Å². The van der Waals surface area contributed by atoms with Crippen molar-refractivity contribution in [3.05, 3.63) is 0 Å².